The first-order chi connectivity index (χ1) is 25.9. The third-order valence-electron chi connectivity index (χ3n) is 8.35. The molecule has 0 aliphatic carbocycles. The molecular formula is C41H64N4O12. The van der Waals surface area contributed by atoms with Crippen molar-refractivity contribution < 1.29 is 57.9 Å². The minimum absolute atomic E-state index is 0. The van der Waals surface area contributed by atoms with Crippen LogP contribution in [0.15, 0.2) is 36.7 Å². The van der Waals surface area contributed by atoms with Gasteiger partial charge in [0.15, 0.2) is 0 Å². The van der Waals surface area contributed by atoms with Crippen molar-refractivity contribution in [1.29, 1.82) is 0 Å². The van der Waals surface area contributed by atoms with E-state index in [2.05, 4.69) is 14.7 Å². The molecule has 2 fully saturated rings. The van der Waals surface area contributed by atoms with Gasteiger partial charge in [-0.15, -0.1) is 0 Å². The lowest BCUT2D eigenvalue weighted by molar-refractivity contribution is -0.147. The van der Waals surface area contributed by atoms with E-state index < -0.39 is 23.1 Å². The molecule has 0 radical (unpaired) electrons. The number of rotatable bonds is 4. The number of ether oxygens (including phenoxy) is 4. The number of carboxylic acids is 2. The van der Waals surface area contributed by atoms with Crippen LogP contribution in [0.5, 0.6) is 0 Å². The molecule has 4 unspecified atom stereocenters. The third-order valence-corrected chi connectivity index (χ3v) is 8.35. The van der Waals surface area contributed by atoms with E-state index in [1.807, 2.05) is 62.3 Å². The van der Waals surface area contributed by atoms with E-state index in [1.165, 1.54) is 32.5 Å². The number of piperidine rings is 2. The predicted molar refractivity (Wildman–Crippen MR) is 213 cm³/mol. The average molecular weight is 805 g/mol. The van der Waals surface area contributed by atoms with Crippen LogP contribution in [0.3, 0.4) is 0 Å². The van der Waals surface area contributed by atoms with Crippen molar-refractivity contribution in [2.45, 2.75) is 126 Å². The zero-order chi connectivity index (χ0) is 43.0. The number of aromatic carboxylic acids is 1. The second-order valence-electron chi connectivity index (χ2n) is 15.5. The molecule has 0 bridgehead atoms. The van der Waals surface area contributed by atoms with E-state index in [0.717, 1.165) is 11.4 Å². The van der Waals surface area contributed by atoms with Gasteiger partial charge in [0.05, 0.1) is 37.2 Å². The monoisotopic (exact) mass is 804 g/mol. The maximum Gasteiger partial charge on any atom is 0.410 e. The predicted octanol–water partition coefficient (Wildman–Crippen LogP) is 7.20. The maximum atomic E-state index is 12.0. The van der Waals surface area contributed by atoms with Crippen LogP contribution in [-0.2, 0) is 28.5 Å². The fourth-order valence-corrected chi connectivity index (χ4v) is 5.60. The number of likely N-dealkylation sites (tertiary alicyclic amines) is 2. The summed E-state index contributed by atoms with van der Waals surface area (Å²) in [5.74, 6) is -2.65. The Hall–Kier alpha value is -5.28. The molecule has 2 amide bonds. The Morgan fingerprint density at radius 2 is 1.09 bits per heavy atom. The van der Waals surface area contributed by atoms with E-state index in [4.69, 9.17) is 24.4 Å². The second kappa shape index (κ2) is 23.7. The molecule has 4 atom stereocenters. The molecule has 2 aliphatic heterocycles. The summed E-state index contributed by atoms with van der Waals surface area (Å²) in [7, 11) is 2.76. The Balaban J connectivity index is 0.000000750. The largest absolute Gasteiger partial charge is 0.481 e. The lowest BCUT2D eigenvalue weighted by Crippen LogP contribution is -2.48. The summed E-state index contributed by atoms with van der Waals surface area (Å²) in [4.78, 5) is 78.5. The lowest BCUT2D eigenvalue weighted by atomic mass is 9.92. The van der Waals surface area contributed by atoms with Crippen LogP contribution in [0.1, 0.15) is 121 Å². The second-order valence-corrected chi connectivity index (χ2v) is 15.5. The number of hydrogen-bond acceptors (Lipinski definition) is 12. The molecule has 2 saturated heterocycles. The first kappa shape index (κ1) is 51.7. The number of aromatic nitrogens is 2. The fourth-order valence-electron chi connectivity index (χ4n) is 5.60. The van der Waals surface area contributed by atoms with E-state index in [-0.39, 0.29) is 61.0 Å². The SMILES string of the molecule is C.CC1CC(C(=O)O)CCN1C(=O)OC(C)(C)C.COC(=O)C1CCN(C(=O)OC(C)(C)C)C(C)C1.COC(=O)c1ccnc(C)c1.Cc1cc(C(=O)O)ccn1. The highest BCUT2D eigenvalue weighted by molar-refractivity contribution is 5.89. The van der Waals surface area contributed by atoms with Gasteiger partial charge in [-0.1, -0.05) is 7.43 Å². The van der Waals surface area contributed by atoms with Gasteiger partial charge in [-0.05, 0) is 119 Å². The molecule has 4 heterocycles. The topological polar surface area (TPSA) is 212 Å². The Labute approximate surface area is 337 Å². The molecule has 16 nitrogen and oxygen atoms in total. The van der Waals surface area contributed by atoms with Crippen LogP contribution in [0.4, 0.5) is 9.59 Å². The minimum atomic E-state index is -0.912. The van der Waals surface area contributed by atoms with Gasteiger partial charge < -0.3 is 39.0 Å². The summed E-state index contributed by atoms with van der Waals surface area (Å²) in [6.45, 7) is 19.4. The number of esters is 2. The standard InChI is InChI=1S/C13H23NO4.C12H21NO4.C8H9NO2.C7H7NO2.CH4/c1-9-8-10(11(15)17-5)6-7-14(9)12(16)18-13(2,3)4;1-8-7-9(10(14)15)5-6-13(8)11(16)17-12(2,3)4;1-6-5-7(3-4-9-6)8(10)11-2;1-5-4-6(7(9)10)2-3-8-5;/h9-10H,6-8H2,1-5H3;8-9H,5-7H2,1-4H3,(H,14,15);3-5H,1-2H3;2-4H,1H3,(H,9,10);1H4. The molecule has 2 aliphatic rings. The van der Waals surface area contributed by atoms with Crippen LogP contribution in [-0.4, -0.2) is 117 Å². The zero-order valence-corrected chi connectivity index (χ0v) is 34.8. The van der Waals surface area contributed by atoms with Gasteiger partial charge in [0.2, 0.25) is 0 Å². The van der Waals surface area contributed by atoms with Crippen LogP contribution in [0.25, 0.3) is 0 Å². The summed E-state index contributed by atoms with van der Waals surface area (Å²) >= 11 is 0. The molecule has 2 aromatic rings. The van der Waals surface area contributed by atoms with Crippen LogP contribution in [0, 0.1) is 25.7 Å². The molecule has 0 spiro atoms. The van der Waals surface area contributed by atoms with Crippen molar-refractivity contribution in [2.24, 2.45) is 11.8 Å². The van der Waals surface area contributed by atoms with E-state index in [1.54, 1.807) is 35.1 Å². The number of carbonyl (C=O) groups is 6. The quantitative estimate of drug-likeness (QED) is 0.231. The normalized spacial score (nSPS) is 18.8. The molecule has 4 rings (SSSR count). The van der Waals surface area contributed by atoms with Crippen molar-refractivity contribution >= 4 is 36.1 Å². The average Bonchev–Trinajstić information content (AvgIpc) is 3.10. The van der Waals surface area contributed by atoms with Gasteiger partial charge in [0.1, 0.15) is 11.2 Å². The van der Waals surface area contributed by atoms with Crippen LogP contribution in [0.2, 0.25) is 0 Å². The number of nitrogens with zero attached hydrogens (tertiary/aromatic N) is 4. The van der Waals surface area contributed by atoms with Crippen LogP contribution < -0.4 is 0 Å². The van der Waals surface area contributed by atoms with Crippen molar-refractivity contribution in [3.63, 3.8) is 0 Å². The smallest absolute Gasteiger partial charge is 0.410 e. The molecule has 2 aromatic heterocycles. The molecule has 2 N–H and O–H groups in total. The van der Waals surface area contributed by atoms with E-state index in [0.29, 0.717) is 44.3 Å². The summed E-state index contributed by atoms with van der Waals surface area (Å²) in [5, 5.41) is 17.4. The number of carboxylic acid groups (broad SMARTS) is 2. The van der Waals surface area contributed by atoms with Gasteiger partial charge in [-0.2, -0.15) is 0 Å². The number of hydrogen-bond donors (Lipinski definition) is 2. The maximum absolute atomic E-state index is 12.0. The van der Waals surface area contributed by atoms with Crippen molar-refractivity contribution in [3.8, 4) is 0 Å². The number of methoxy groups -OCH3 is 2. The number of pyridine rings is 2. The highest BCUT2D eigenvalue weighted by atomic mass is 16.6. The highest BCUT2D eigenvalue weighted by Gasteiger charge is 2.36. The van der Waals surface area contributed by atoms with Crippen LogP contribution >= 0.6 is 0 Å². The number of aliphatic carboxylic acids is 1. The Bertz CT molecular complexity index is 1640. The molecule has 16 heteroatoms. The van der Waals surface area contributed by atoms with Gasteiger partial charge >= 0.3 is 36.1 Å². The molecule has 0 aromatic carbocycles. The first-order valence-electron chi connectivity index (χ1n) is 18.4. The van der Waals surface area contributed by atoms with Crippen molar-refractivity contribution in [3.05, 3.63) is 59.2 Å². The van der Waals surface area contributed by atoms with E-state index in [9.17, 15) is 28.8 Å². The Kier molecular flexibility index (Phi) is 21.5. The summed E-state index contributed by atoms with van der Waals surface area (Å²) in [5.41, 5.74) is 1.36. The van der Waals surface area contributed by atoms with Gasteiger partial charge in [0.25, 0.3) is 0 Å². The molecule has 57 heavy (non-hydrogen) atoms. The van der Waals surface area contributed by atoms with Gasteiger partial charge in [0, 0.05) is 49.0 Å². The van der Waals surface area contributed by atoms with Gasteiger partial charge in [-0.25, -0.2) is 19.2 Å². The Morgan fingerprint density at radius 1 is 0.684 bits per heavy atom. The molecule has 0 saturated carbocycles. The minimum Gasteiger partial charge on any atom is -0.481 e. The zero-order valence-electron chi connectivity index (χ0n) is 34.8. The van der Waals surface area contributed by atoms with Crippen molar-refractivity contribution in [2.75, 3.05) is 27.3 Å². The summed E-state index contributed by atoms with van der Waals surface area (Å²) in [6.07, 6.45) is 4.67. The number of amides is 2. The Morgan fingerprint density at radius 3 is 1.42 bits per heavy atom. The summed E-state index contributed by atoms with van der Waals surface area (Å²) < 4.78 is 19.9. The highest BCUT2D eigenvalue weighted by Crippen LogP contribution is 2.26. The number of aryl methyl sites for hydroxylation is 2. The lowest BCUT2D eigenvalue weighted by Gasteiger charge is -2.37. The third kappa shape index (κ3) is 19.4. The fraction of sp³-hybridized carbons (Fsp3) is 0.610. The number of carbonyl (C=O) groups excluding carboxylic acids is 4. The molecular weight excluding hydrogens is 740 g/mol. The first-order valence-corrected chi connectivity index (χ1v) is 18.4. The van der Waals surface area contributed by atoms with E-state index >= 15 is 0 Å². The summed E-state index contributed by atoms with van der Waals surface area (Å²) in [6, 6.07) is 6.22. The van der Waals surface area contributed by atoms with Crippen molar-refractivity contribution in [1.82, 2.24) is 19.8 Å². The van der Waals surface area contributed by atoms with Gasteiger partial charge in [-0.3, -0.25) is 19.6 Å². The molecule has 320 valence electrons.